The van der Waals surface area contributed by atoms with Crippen molar-refractivity contribution in [3.05, 3.63) is 29.1 Å². The van der Waals surface area contributed by atoms with E-state index in [1.807, 2.05) is 31.9 Å². The van der Waals surface area contributed by atoms with Gasteiger partial charge in [0.2, 0.25) is 8.32 Å². The molecule has 0 spiro atoms. The molecule has 3 atom stereocenters. The number of nitrogens with zero attached hydrogens (tertiary/aromatic N) is 3. The summed E-state index contributed by atoms with van der Waals surface area (Å²) in [5.41, 5.74) is 2.64. The number of hydrogen-bond acceptors (Lipinski definition) is 6. The summed E-state index contributed by atoms with van der Waals surface area (Å²) in [4.78, 5) is 22.8. The Bertz CT molecular complexity index is 1150. The molecule has 1 aromatic heterocycles. The van der Waals surface area contributed by atoms with Crippen molar-refractivity contribution in [2.24, 2.45) is 11.3 Å². The van der Waals surface area contributed by atoms with Gasteiger partial charge in [0, 0.05) is 24.7 Å². The van der Waals surface area contributed by atoms with Gasteiger partial charge in [0.15, 0.2) is 9.04 Å². The number of carbonyl (C=O) groups excluding carboxylic acids is 1. The highest BCUT2D eigenvalue weighted by Crippen LogP contribution is 2.46. The molecule has 0 radical (unpaired) electrons. The second-order valence-corrected chi connectivity index (χ2v) is 23.3. The molecule has 1 aromatic rings. The molecule has 1 unspecified atom stereocenters. The lowest BCUT2D eigenvalue weighted by Crippen LogP contribution is -2.58. The minimum Gasteiger partial charge on any atom is -0.549 e. The summed E-state index contributed by atoms with van der Waals surface area (Å²) in [5.74, 6) is 1.43. The topological polar surface area (TPSA) is 64.1 Å². The van der Waals surface area contributed by atoms with E-state index in [9.17, 15) is 4.79 Å². The van der Waals surface area contributed by atoms with Crippen molar-refractivity contribution in [2.45, 2.75) is 138 Å². The van der Waals surface area contributed by atoms with Gasteiger partial charge in [-0.1, -0.05) is 48.5 Å². The van der Waals surface area contributed by atoms with E-state index in [2.05, 4.69) is 98.6 Å². The second-order valence-electron chi connectivity index (χ2n) is 16.2. The van der Waals surface area contributed by atoms with Crippen molar-refractivity contribution < 1.29 is 18.4 Å². The predicted octanol–water partition coefficient (Wildman–Crippen LogP) is 8.17. The Morgan fingerprint density at radius 2 is 1.71 bits per heavy atom. The molecule has 7 nitrogen and oxygen atoms in total. The highest BCUT2D eigenvalue weighted by atomic mass is 28.4. The normalized spacial score (nSPS) is 20.8. The van der Waals surface area contributed by atoms with Crippen LogP contribution in [-0.2, 0) is 20.0 Å². The maximum absolute atomic E-state index is 13.0. The fourth-order valence-electron chi connectivity index (χ4n) is 5.37. The molecule has 0 saturated carbocycles. The van der Waals surface area contributed by atoms with Crippen LogP contribution in [0.4, 0.5) is 10.6 Å². The summed E-state index contributed by atoms with van der Waals surface area (Å²) in [5, 5.41) is 0.115. The van der Waals surface area contributed by atoms with Crippen molar-refractivity contribution in [3.63, 3.8) is 0 Å². The smallest absolute Gasteiger partial charge is 0.410 e. The number of ether oxygens (including phenoxy) is 1. The number of carbonyl (C=O) groups is 1. The summed E-state index contributed by atoms with van der Waals surface area (Å²) in [7, 11) is -3.36. The number of hydrogen-bond donors (Lipinski definition) is 0. The molecule has 0 aromatic carbocycles. The zero-order valence-electron chi connectivity index (χ0n) is 29.2. The monoisotopic (exact) mass is 617 g/mol. The summed E-state index contributed by atoms with van der Waals surface area (Å²) in [6, 6.07) is 2.59. The number of pyridine rings is 1. The molecule has 1 fully saturated rings. The maximum atomic E-state index is 13.0. The van der Waals surface area contributed by atoms with Gasteiger partial charge >= 0.3 is 6.09 Å². The van der Waals surface area contributed by atoms with Crippen LogP contribution in [0, 0.1) is 11.3 Å². The molecule has 0 aliphatic carbocycles. The average Bonchev–Trinajstić information content (AvgIpc) is 3.17. The highest BCUT2D eigenvalue weighted by Gasteiger charge is 2.44. The van der Waals surface area contributed by atoms with E-state index in [4.69, 9.17) is 18.6 Å². The minimum atomic E-state index is -1.96. The quantitative estimate of drug-likeness (QED) is 0.217. The van der Waals surface area contributed by atoms with Gasteiger partial charge in [0.1, 0.15) is 11.4 Å². The van der Waals surface area contributed by atoms with Crippen molar-refractivity contribution in [3.8, 4) is 0 Å². The van der Waals surface area contributed by atoms with Crippen LogP contribution in [0.25, 0.3) is 6.08 Å². The van der Waals surface area contributed by atoms with Crippen LogP contribution in [-0.4, -0.2) is 64.1 Å². The Morgan fingerprint density at radius 1 is 1.10 bits per heavy atom. The summed E-state index contributed by atoms with van der Waals surface area (Å²) in [6.45, 7) is 34.1. The lowest BCUT2D eigenvalue weighted by Gasteiger charge is -2.43. The van der Waals surface area contributed by atoms with E-state index >= 15 is 0 Å². The third-order valence-electron chi connectivity index (χ3n) is 9.51. The SMILES string of the molecule is CC(C)C(C)(C)C(O[SiH](C)C)c1nc2c(cc1C=CO[Si](C)(C)C(C)(C)C)C[C@@H]1CN(C(=O)OC(C)(C)C)C[C@@H](C)N21. The fourth-order valence-corrected chi connectivity index (χ4v) is 7.16. The third kappa shape index (κ3) is 7.62. The van der Waals surface area contributed by atoms with Crippen molar-refractivity contribution in [1.82, 2.24) is 9.88 Å². The van der Waals surface area contributed by atoms with Crippen LogP contribution in [0.2, 0.25) is 31.2 Å². The standard InChI is InChI=1S/C33H59N3O4Si2/c1-22(2)33(10,11)28(40-41(12)13)27-24(16-17-38-42(14,15)32(7,8)9)18-25-19-26-21-35(30(37)39-31(4,5)6)20-23(3)36(26)29(25)34-27/h16-18,22-23,26,28,41H,19-21H2,1-15H3/t23-,26-,28?/m1/s1. The van der Waals surface area contributed by atoms with Gasteiger partial charge < -0.3 is 23.4 Å². The van der Waals surface area contributed by atoms with E-state index in [-0.39, 0.29) is 34.7 Å². The summed E-state index contributed by atoms with van der Waals surface area (Å²) in [6.07, 6.45) is 4.49. The summed E-state index contributed by atoms with van der Waals surface area (Å²) < 4.78 is 19.1. The first-order valence-corrected chi connectivity index (χ1v) is 21.5. The van der Waals surface area contributed by atoms with Crippen molar-refractivity contribution >= 4 is 35.3 Å². The van der Waals surface area contributed by atoms with Crippen LogP contribution < -0.4 is 4.90 Å². The second kappa shape index (κ2) is 12.3. The molecular formula is C33H59N3O4Si2. The number of amides is 1. The maximum Gasteiger partial charge on any atom is 0.410 e. The van der Waals surface area contributed by atoms with E-state index in [1.165, 1.54) is 5.56 Å². The van der Waals surface area contributed by atoms with E-state index in [0.717, 1.165) is 23.5 Å². The molecule has 9 heteroatoms. The Kier molecular flexibility index (Phi) is 10.1. The average molecular weight is 618 g/mol. The molecule has 42 heavy (non-hydrogen) atoms. The molecule has 3 heterocycles. The zero-order valence-corrected chi connectivity index (χ0v) is 31.4. The lowest BCUT2D eigenvalue weighted by molar-refractivity contribution is 0.0191. The fraction of sp³-hybridized carbons (Fsp3) is 0.758. The van der Waals surface area contributed by atoms with E-state index < -0.39 is 23.0 Å². The zero-order chi connectivity index (χ0) is 32.0. The van der Waals surface area contributed by atoms with Crippen LogP contribution >= 0.6 is 0 Å². The third-order valence-corrected chi connectivity index (χ3v) is 14.7. The highest BCUT2D eigenvalue weighted by molar-refractivity contribution is 6.74. The van der Waals surface area contributed by atoms with Gasteiger partial charge in [-0.2, -0.15) is 0 Å². The molecule has 2 aliphatic rings. The number of piperazine rings is 1. The molecule has 238 valence electrons. The largest absolute Gasteiger partial charge is 0.549 e. The Hall–Kier alpha value is -1.85. The van der Waals surface area contributed by atoms with Crippen LogP contribution in [0.15, 0.2) is 12.3 Å². The predicted molar refractivity (Wildman–Crippen MR) is 180 cm³/mol. The number of anilines is 1. The van der Waals surface area contributed by atoms with Crippen LogP contribution in [0.5, 0.6) is 0 Å². The van der Waals surface area contributed by atoms with Gasteiger partial charge in [-0.05, 0) is 94.4 Å². The van der Waals surface area contributed by atoms with Gasteiger partial charge in [0.25, 0.3) is 0 Å². The number of fused-ring (bicyclic) bond motifs is 3. The van der Waals surface area contributed by atoms with Gasteiger partial charge in [-0.3, -0.25) is 0 Å². The van der Waals surface area contributed by atoms with E-state index in [1.54, 1.807) is 0 Å². The minimum absolute atomic E-state index is 0.115. The van der Waals surface area contributed by atoms with Gasteiger partial charge in [-0.15, -0.1) is 0 Å². The van der Waals surface area contributed by atoms with E-state index in [0.29, 0.717) is 19.0 Å². The number of aromatic nitrogens is 1. The molecular weight excluding hydrogens is 559 g/mol. The van der Waals surface area contributed by atoms with Crippen molar-refractivity contribution in [1.29, 1.82) is 0 Å². The molecule has 0 bridgehead atoms. The lowest BCUT2D eigenvalue weighted by atomic mass is 9.74. The Labute approximate surface area is 259 Å². The molecule has 1 amide bonds. The first-order valence-electron chi connectivity index (χ1n) is 15.8. The molecule has 0 N–H and O–H groups in total. The Balaban J connectivity index is 2.08. The van der Waals surface area contributed by atoms with Gasteiger partial charge in [0.05, 0.1) is 24.1 Å². The number of rotatable bonds is 8. The molecule has 1 saturated heterocycles. The van der Waals surface area contributed by atoms with Gasteiger partial charge in [-0.25, -0.2) is 9.78 Å². The summed E-state index contributed by atoms with van der Waals surface area (Å²) >= 11 is 0. The molecule has 2 aliphatic heterocycles. The first-order chi connectivity index (χ1) is 19.0. The van der Waals surface area contributed by atoms with Crippen LogP contribution in [0.1, 0.15) is 99.1 Å². The van der Waals surface area contributed by atoms with Crippen molar-refractivity contribution in [2.75, 3.05) is 18.0 Å². The Morgan fingerprint density at radius 3 is 2.24 bits per heavy atom. The first kappa shape index (κ1) is 34.6. The molecule has 3 rings (SSSR count). The van der Waals surface area contributed by atoms with Crippen LogP contribution in [0.3, 0.4) is 0 Å².